The largest absolute Gasteiger partial charge is 0.395 e. The van der Waals surface area contributed by atoms with Crippen molar-refractivity contribution in [2.75, 3.05) is 45.9 Å². The molecule has 2 N–H and O–H groups in total. The average Bonchev–Trinajstić information content (AvgIpc) is 2.40. The van der Waals surface area contributed by atoms with E-state index in [4.69, 9.17) is 5.11 Å². The van der Waals surface area contributed by atoms with Crippen molar-refractivity contribution >= 4 is 5.91 Å². The van der Waals surface area contributed by atoms with Crippen molar-refractivity contribution in [3.8, 4) is 0 Å². The number of piperidine rings is 1. The molecule has 0 aromatic heterocycles. The minimum atomic E-state index is 0.0492. The molecule has 98 valence electrons. The van der Waals surface area contributed by atoms with Gasteiger partial charge in [-0.25, -0.2) is 0 Å². The van der Waals surface area contributed by atoms with E-state index in [-0.39, 0.29) is 18.6 Å². The molecule has 0 aliphatic carbocycles. The Bertz CT molecular complexity index is 246. The highest BCUT2D eigenvalue weighted by Crippen LogP contribution is 2.11. The maximum Gasteiger partial charge on any atom is 0.239 e. The van der Waals surface area contributed by atoms with Gasteiger partial charge in [-0.1, -0.05) is 6.42 Å². The fraction of sp³-hybridized carbons (Fsp3) is 0.917. The summed E-state index contributed by atoms with van der Waals surface area (Å²) in [5.41, 5.74) is 0. The number of rotatable bonds is 3. The predicted molar refractivity (Wildman–Crippen MR) is 65.7 cm³/mol. The number of aliphatic hydroxyl groups excluding tert-OH is 1. The number of piperazine rings is 1. The quantitative estimate of drug-likeness (QED) is 0.684. The number of hydrogen-bond acceptors (Lipinski definition) is 4. The number of nitrogens with zero attached hydrogens (tertiary/aromatic N) is 2. The van der Waals surface area contributed by atoms with Crippen LogP contribution in [0, 0.1) is 0 Å². The van der Waals surface area contributed by atoms with Gasteiger partial charge in [0.05, 0.1) is 12.6 Å². The molecule has 2 heterocycles. The topological polar surface area (TPSA) is 55.8 Å². The van der Waals surface area contributed by atoms with Crippen LogP contribution in [0.3, 0.4) is 0 Å². The number of hydrogen-bond donors (Lipinski definition) is 2. The molecule has 0 aromatic carbocycles. The molecule has 0 bridgehead atoms. The van der Waals surface area contributed by atoms with Crippen LogP contribution in [0.15, 0.2) is 0 Å². The van der Waals surface area contributed by atoms with Crippen molar-refractivity contribution in [3.05, 3.63) is 0 Å². The van der Waals surface area contributed by atoms with Crippen molar-refractivity contribution in [1.82, 2.24) is 15.1 Å². The fourth-order valence-electron chi connectivity index (χ4n) is 2.62. The number of β-amino-alcohol motifs (C(OH)–C–C–N with tert-alkyl or cyclic N) is 1. The summed E-state index contributed by atoms with van der Waals surface area (Å²) in [6, 6.07) is 0.0492. The van der Waals surface area contributed by atoms with Gasteiger partial charge in [0.15, 0.2) is 0 Å². The summed E-state index contributed by atoms with van der Waals surface area (Å²) in [6.07, 6.45) is 3.33. The summed E-state index contributed by atoms with van der Waals surface area (Å²) < 4.78 is 0. The van der Waals surface area contributed by atoms with E-state index in [9.17, 15) is 4.79 Å². The van der Waals surface area contributed by atoms with E-state index in [1.807, 2.05) is 4.90 Å². The summed E-state index contributed by atoms with van der Waals surface area (Å²) in [5.74, 6) is 0.272. The fourth-order valence-corrected chi connectivity index (χ4v) is 2.62. The molecule has 1 unspecified atom stereocenters. The first kappa shape index (κ1) is 12.8. The molecule has 0 saturated carbocycles. The standard InChI is InChI=1S/C12H23N3O2/c16-10-9-14-5-7-15(8-6-14)12(17)11-3-1-2-4-13-11/h11,13,16H,1-10H2. The molecule has 1 amide bonds. The van der Waals surface area contributed by atoms with Gasteiger partial charge in [0.1, 0.15) is 0 Å². The van der Waals surface area contributed by atoms with Crippen LogP contribution in [0.2, 0.25) is 0 Å². The third-order valence-electron chi connectivity index (χ3n) is 3.71. The van der Waals surface area contributed by atoms with Crippen molar-refractivity contribution in [1.29, 1.82) is 0 Å². The van der Waals surface area contributed by atoms with E-state index < -0.39 is 0 Å². The van der Waals surface area contributed by atoms with E-state index >= 15 is 0 Å². The SMILES string of the molecule is O=C(C1CCCCN1)N1CCN(CCO)CC1. The normalized spacial score (nSPS) is 27.1. The first-order valence-corrected chi connectivity index (χ1v) is 6.66. The lowest BCUT2D eigenvalue weighted by atomic mass is 10.0. The van der Waals surface area contributed by atoms with E-state index in [2.05, 4.69) is 10.2 Å². The zero-order chi connectivity index (χ0) is 12.1. The first-order valence-electron chi connectivity index (χ1n) is 6.66. The molecule has 2 fully saturated rings. The summed E-state index contributed by atoms with van der Waals surface area (Å²) in [4.78, 5) is 16.4. The maximum absolute atomic E-state index is 12.2. The van der Waals surface area contributed by atoms with Crippen molar-refractivity contribution in [3.63, 3.8) is 0 Å². The Hall–Kier alpha value is -0.650. The summed E-state index contributed by atoms with van der Waals surface area (Å²) in [5, 5.41) is 12.2. The number of nitrogens with one attached hydrogen (secondary N) is 1. The van der Waals surface area contributed by atoms with Crippen molar-refractivity contribution in [2.24, 2.45) is 0 Å². The summed E-state index contributed by atoms with van der Waals surface area (Å²) in [6.45, 7) is 5.29. The van der Waals surface area contributed by atoms with Crippen LogP contribution in [-0.2, 0) is 4.79 Å². The number of aliphatic hydroxyl groups is 1. The van der Waals surface area contributed by atoms with Gasteiger partial charge in [-0.3, -0.25) is 9.69 Å². The Morgan fingerprint density at radius 3 is 2.59 bits per heavy atom. The van der Waals surface area contributed by atoms with E-state index in [0.29, 0.717) is 0 Å². The number of carbonyl (C=O) groups is 1. The second-order valence-corrected chi connectivity index (χ2v) is 4.89. The molecule has 0 radical (unpaired) electrons. The van der Waals surface area contributed by atoms with Gasteiger partial charge in [-0.2, -0.15) is 0 Å². The Labute approximate surface area is 103 Å². The van der Waals surface area contributed by atoms with E-state index in [0.717, 1.165) is 52.1 Å². The van der Waals surface area contributed by atoms with Crippen molar-refractivity contribution in [2.45, 2.75) is 25.3 Å². The Kier molecular flexibility index (Phi) is 4.76. The zero-order valence-corrected chi connectivity index (χ0v) is 10.4. The molecule has 0 aromatic rings. The van der Waals surface area contributed by atoms with Crippen LogP contribution in [0.25, 0.3) is 0 Å². The minimum absolute atomic E-state index is 0.0492. The summed E-state index contributed by atoms with van der Waals surface area (Å²) >= 11 is 0. The zero-order valence-electron chi connectivity index (χ0n) is 10.4. The lowest BCUT2D eigenvalue weighted by Crippen LogP contribution is -2.55. The third kappa shape index (κ3) is 3.40. The van der Waals surface area contributed by atoms with E-state index in [1.54, 1.807) is 0 Å². The highest BCUT2D eigenvalue weighted by atomic mass is 16.3. The first-order chi connectivity index (χ1) is 8.31. The smallest absolute Gasteiger partial charge is 0.239 e. The molecule has 2 rings (SSSR count). The molecule has 2 aliphatic heterocycles. The minimum Gasteiger partial charge on any atom is -0.395 e. The molecule has 17 heavy (non-hydrogen) atoms. The maximum atomic E-state index is 12.2. The molecule has 2 saturated heterocycles. The predicted octanol–water partition coefficient (Wildman–Crippen LogP) is -0.735. The van der Waals surface area contributed by atoms with Crippen LogP contribution in [0.4, 0.5) is 0 Å². The average molecular weight is 241 g/mol. The highest BCUT2D eigenvalue weighted by molar-refractivity contribution is 5.82. The molecular formula is C12H23N3O2. The second-order valence-electron chi connectivity index (χ2n) is 4.89. The lowest BCUT2D eigenvalue weighted by Gasteiger charge is -2.37. The van der Waals surface area contributed by atoms with Gasteiger partial charge in [0, 0.05) is 32.7 Å². The van der Waals surface area contributed by atoms with Gasteiger partial charge in [0.2, 0.25) is 5.91 Å². The van der Waals surface area contributed by atoms with Crippen LogP contribution >= 0.6 is 0 Å². The van der Waals surface area contributed by atoms with Gasteiger partial charge >= 0.3 is 0 Å². The molecule has 0 spiro atoms. The Morgan fingerprint density at radius 1 is 1.24 bits per heavy atom. The van der Waals surface area contributed by atoms with Crippen molar-refractivity contribution < 1.29 is 9.90 Å². The van der Waals surface area contributed by atoms with Gasteiger partial charge in [-0.05, 0) is 19.4 Å². The van der Waals surface area contributed by atoms with E-state index in [1.165, 1.54) is 6.42 Å². The van der Waals surface area contributed by atoms with Crippen LogP contribution in [0.1, 0.15) is 19.3 Å². The van der Waals surface area contributed by atoms with Gasteiger partial charge in [0.25, 0.3) is 0 Å². The summed E-state index contributed by atoms with van der Waals surface area (Å²) in [7, 11) is 0. The molecular weight excluding hydrogens is 218 g/mol. The molecule has 1 atom stereocenters. The highest BCUT2D eigenvalue weighted by Gasteiger charge is 2.27. The molecule has 5 nitrogen and oxygen atoms in total. The van der Waals surface area contributed by atoms with Crippen LogP contribution in [0.5, 0.6) is 0 Å². The lowest BCUT2D eigenvalue weighted by molar-refractivity contribution is -0.135. The molecule has 2 aliphatic rings. The monoisotopic (exact) mass is 241 g/mol. The molecule has 5 heteroatoms. The van der Waals surface area contributed by atoms with Gasteiger partial charge < -0.3 is 15.3 Å². The van der Waals surface area contributed by atoms with Crippen LogP contribution in [-0.4, -0.2) is 72.7 Å². The Balaban J connectivity index is 1.77. The van der Waals surface area contributed by atoms with Gasteiger partial charge in [-0.15, -0.1) is 0 Å². The number of amides is 1. The van der Waals surface area contributed by atoms with Crippen LogP contribution < -0.4 is 5.32 Å². The second kappa shape index (κ2) is 6.33. The Morgan fingerprint density at radius 2 is 2.00 bits per heavy atom. The third-order valence-corrected chi connectivity index (χ3v) is 3.71. The number of carbonyl (C=O) groups excluding carboxylic acids is 1.